The summed E-state index contributed by atoms with van der Waals surface area (Å²) in [6.07, 6.45) is 0. The molecule has 0 fully saturated rings. The van der Waals surface area contributed by atoms with Crippen LogP contribution in [0.3, 0.4) is 0 Å². The second-order valence-corrected chi connectivity index (χ2v) is 16.1. The number of hydrogen-bond acceptors (Lipinski definition) is 8. The summed E-state index contributed by atoms with van der Waals surface area (Å²) in [6, 6.07) is 56.2. The molecule has 5 heterocycles. The van der Waals surface area contributed by atoms with Crippen LogP contribution in [0.4, 0.5) is 0 Å². The zero-order chi connectivity index (χ0) is 37.5. The van der Waals surface area contributed by atoms with E-state index in [0.29, 0.717) is 28.9 Å². The maximum Gasteiger partial charge on any atom is 0.164 e. The molecule has 57 heavy (non-hydrogen) atoms. The Bertz CT molecular complexity index is 3540. The molecule has 0 unspecified atom stereocenters. The molecule has 0 saturated carbocycles. The van der Waals surface area contributed by atoms with Crippen molar-refractivity contribution < 1.29 is 4.42 Å². The van der Waals surface area contributed by atoms with Crippen LogP contribution in [0.5, 0.6) is 0 Å². The van der Waals surface area contributed by atoms with Crippen molar-refractivity contribution in [1.82, 2.24) is 24.9 Å². The van der Waals surface area contributed by atoms with Crippen molar-refractivity contribution in [3.8, 4) is 56.8 Å². The molecule has 8 heteroatoms. The number of benzene rings is 7. The van der Waals surface area contributed by atoms with Gasteiger partial charge in [-0.25, -0.2) is 24.9 Å². The average molecular weight is 766 g/mol. The summed E-state index contributed by atoms with van der Waals surface area (Å²) in [5, 5.41) is 5.40. The van der Waals surface area contributed by atoms with Crippen LogP contribution in [0.1, 0.15) is 0 Å². The molecule has 0 amide bonds. The van der Waals surface area contributed by atoms with E-state index >= 15 is 0 Å². The smallest absolute Gasteiger partial charge is 0.164 e. The molecular weight excluding hydrogens is 739 g/mol. The first-order valence-electron chi connectivity index (χ1n) is 18.7. The van der Waals surface area contributed by atoms with Gasteiger partial charge in [-0.1, -0.05) is 121 Å². The van der Waals surface area contributed by atoms with Gasteiger partial charge in [0.1, 0.15) is 11.2 Å². The van der Waals surface area contributed by atoms with Crippen LogP contribution in [0.25, 0.3) is 119 Å². The molecule has 0 bridgehead atoms. The molecule has 5 aromatic heterocycles. The minimum Gasteiger partial charge on any atom is -0.455 e. The Hall–Kier alpha value is -7.13. The Kier molecular flexibility index (Phi) is 7.17. The van der Waals surface area contributed by atoms with E-state index < -0.39 is 0 Å². The molecule has 12 rings (SSSR count). The lowest BCUT2D eigenvalue weighted by atomic mass is 10.0. The van der Waals surface area contributed by atoms with Crippen molar-refractivity contribution in [1.29, 1.82) is 0 Å². The van der Waals surface area contributed by atoms with E-state index in [1.54, 1.807) is 22.7 Å². The van der Waals surface area contributed by atoms with Crippen LogP contribution in [-0.4, -0.2) is 24.9 Å². The SMILES string of the molecule is c1ccc(-c2nc(-c3ccc4sc5ccccc5c4c3)nc(-c3cccc4oc5c(-c6nc(-c7ccccc7)c7sc8ccccc8c7n6)cccc5c34)n2)cc1. The van der Waals surface area contributed by atoms with E-state index in [2.05, 4.69) is 109 Å². The van der Waals surface area contributed by atoms with Gasteiger partial charge in [0.05, 0.1) is 21.5 Å². The maximum absolute atomic E-state index is 6.79. The van der Waals surface area contributed by atoms with Crippen LogP contribution >= 0.6 is 22.7 Å². The maximum atomic E-state index is 6.79. The Morgan fingerprint density at radius 2 is 1.00 bits per heavy atom. The molecule has 0 aliphatic rings. The molecule has 0 radical (unpaired) electrons. The van der Waals surface area contributed by atoms with Gasteiger partial charge in [-0.3, -0.25) is 0 Å². The lowest BCUT2D eigenvalue weighted by Crippen LogP contribution is -2.00. The number of para-hydroxylation sites is 1. The van der Waals surface area contributed by atoms with Gasteiger partial charge in [-0.15, -0.1) is 22.7 Å². The van der Waals surface area contributed by atoms with Gasteiger partial charge >= 0.3 is 0 Å². The molecule has 0 atom stereocenters. The highest BCUT2D eigenvalue weighted by molar-refractivity contribution is 7.26. The third kappa shape index (κ3) is 5.19. The summed E-state index contributed by atoms with van der Waals surface area (Å²) in [7, 11) is 0. The zero-order valence-electron chi connectivity index (χ0n) is 30.0. The predicted octanol–water partition coefficient (Wildman–Crippen LogP) is 13.6. The normalized spacial score (nSPS) is 11.9. The zero-order valence-corrected chi connectivity index (χ0v) is 31.7. The lowest BCUT2D eigenvalue weighted by molar-refractivity contribution is 0.669. The van der Waals surface area contributed by atoms with Crippen LogP contribution in [0.15, 0.2) is 168 Å². The Morgan fingerprint density at radius 1 is 0.386 bits per heavy atom. The molecule has 0 saturated heterocycles. The van der Waals surface area contributed by atoms with Crippen LogP contribution in [-0.2, 0) is 0 Å². The van der Waals surface area contributed by atoms with E-state index in [1.807, 2.05) is 54.6 Å². The van der Waals surface area contributed by atoms with Crippen LogP contribution in [0.2, 0.25) is 0 Å². The van der Waals surface area contributed by atoms with Gasteiger partial charge < -0.3 is 4.42 Å². The molecule has 7 aromatic carbocycles. The molecule has 266 valence electrons. The second-order valence-electron chi connectivity index (χ2n) is 14.0. The van der Waals surface area contributed by atoms with Crippen molar-refractivity contribution in [2.45, 2.75) is 0 Å². The molecule has 12 aromatic rings. The van der Waals surface area contributed by atoms with Gasteiger partial charge in [-0.2, -0.15) is 0 Å². The van der Waals surface area contributed by atoms with Crippen molar-refractivity contribution >= 4 is 85.1 Å². The summed E-state index contributed by atoms with van der Waals surface area (Å²) in [5.74, 6) is 2.40. The Morgan fingerprint density at radius 3 is 1.82 bits per heavy atom. The fourth-order valence-electron chi connectivity index (χ4n) is 7.92. The van der Waals surface area contributed by atoms with Crippen molar-refractivity contribution in [2.75, 3.05) is 0 Å². The third-order valence-corrected chi connectivity index (χ3v) is 12.9. The lowest BCUT2D eigenvalue weighted by Gasteiger charge is -2.09. The predicted molar refractivity (Wildman–Crippen MR) is 236 cm³/mol. The number of hydrogen-bond donors (Lipinski definition) is 0. The van der Waals surface area contributed by atoms with Crippen LogP contribution < -0.4 is 0 Å². The largest absolute Gasteiger partial charge is 0.455 e. The highest BCUT2D eigenvalue weighted by atomic mass is 32.1. The summed E-state index contributed by atoms with van der Waals surface area (Å²) in [5.41, 5.74) is 7.86. The molecule has 0 spiro atoms. The Labute approximate surface area is 333 Å². The highest BCUT2D eigenvalue weighted by Gasteiger charge is 2.22. The van der Waals surface area contributed by atoms with Gasteiger partial charge in [0.2, 0.25) is 0 Å². The first kappa shape index (κ1) is 32.1. The number of aromatic nitrogens is 5. The first-order chi connectivity index (χ1) is 28.2. The molecule has 0 aliphatic carbocycles. The topological polar surface area (TPSA) is 77.6 Å². The van der Waals surface area contributed by atoms with Crippen molar-refractivity contribution in [2.24, 2.45) is 0 Å². The number of thiophene rings is 2. The van der Waals surface area contributed by atoms with E-state index in [9.17, 15) is 0 Å². The average Bonchev–Trinajstić information content (AvgIpc) is 3.98. The number of furan rings is 1. The molecule has 0 N–H and O–H groups in total. The van der Waals surface area contributed by atoms with E-state index in [1.165, 1.54) is 24.9 Å². The second kappa shape index (κ2) is 12.7. The quantitative estimate of drug-likeness (QED) is 0.174. The van der Waals surface area contributed by atoms with Gasteiger partial charge in [0, 0.05) is 63.3 Å². The number of rotatable bonds is 5. The molecular formula is C49H27N5OS2. The summed E-state index contributed by atoms with van der Waals surface area (Å²) >= 11 is 3.52. The summed E-state index contributed by atoms with van der Waals surface area (Å²) < 4.78 is 11.5. The van der Waals surface area contributed by atoms with Crippen LogP contribution in [0, 0.1) is 0 Å². The monoisotopic (exact) mass is 765 g/mol. The first-order valence-corrected chi connectivity index (χ1v) is 20.3. The standard InChI is InChI=1S/C49H27N5OS2/c1-3-13-28(14-4-1)42-45-43(32-18-8-10-24-39(32)57-45)51-49(50-42)35-21-11-19-33-41-34(20-12-22-37(41)55-44(33)35)48-53-46(29-15-5-2-6-16-29)52-47(54-48)30-25-26-40-36(27-30)31-17-7-9-23-38(31)56-40/h1-27H. The third-order valence-electron chi connectivity index (χ3n) is 10.6. The summed E-state index contributed by atoms with van der Waals surface area (Å²) in [4.78, 5) is 25.9. The fourth-order valence-corrected chi connectivity index (χ4v) is 10.2. The summed E-state index contributed by atoms with van der Waals surface area (Å²) in [6.45, 7) is 0. The van der Waals surface area contributed by atoms with Crippen molar-refractivity contribution in [3.05, 3.63) is 164 Å². The van der Waals surface area contributed by atoms with Gasteiger partial charge in [0.25, 0.3) is 0 Å². The van der Waals surface area contributed by atoms with Gasteiger partial charge in [0.15, 0.2) is 23.3 Å². The van der Waals surface area contributed by atoms with E-state index in [4.69, 9.17) is 29.3 Å². The minimum absolute atomic E-state index is 0.571. The Balaban J connectivity index is 1.08. The van der Waals surface area contributed by atoms with E-state index in [-0.39, 0.29) is 0 Å². The van der Waals surface area contributed by atoms with E-state index in [0.717, 1.165) is 65.5 Å². The number of fused-ring (bicyclic) bond motifs is 9. The van der Waals surface area contributed by atoms with Crippen molar-refractivity contribution in [3.63, 3.8) is 0 Å². The number of nitrogens with zero attached hydrogens (tertiary/aromatic N) is 5. The highest BCUT2D eigenvalue weighted by Crippen LogP contribution is 2.43. The minimum atomic E-state index is 0.571. The van der Waals surface area contributed by atoms with Gasteiger partial charge in [-0.05, 0) is 42.5 Å². The molecule has 6 nitrogen and oxygen atoms in total. The fraction of sp³-hybridized carbons (Fsp3) is 0. The molecule has 0 aliphatic heterocycles.